The summed E-state index contributed by atoms with van der Waals surface area (Å²) in [5, 5.41) is 10.1. The largest absolute Gasteiger partial charge is 0.401 e. The summed E-state index contributed by atoms with van der Waals surface area (Å²) in [4.78, 5) is 23.6. The molecule has 0 bridgehead atoms. The Labute approximate surface area is 96.3 Å². The minimum absolute atomic E-state index is 0.398. The highest BCUT2D eigenvalue weighted by Gasteiger charge is 2.31. The quantitative estimate of drug-likeness (QED) is 0.532. The average Bonchev–Trinajstić information content (AvgIpc) is 2.58. The smallest absolute Gasteiger partial charge is 0.370 e. The van der Waals surface area contributed by atoms with E-state index in [0.717, 1.165) is 10.9 Å². The number of amides is 1. The van der Waals surface area contributed by atoms with Crippen LogP contribution in [0.5, 0.6) is 0 Å². The highest BCUT2D eigenvalue weighted by atomic mass is 32.2. The molecule has 0 unspecified atom stereocenters. The average molecular weight is 262 g/mol. The number of aromatic nitrogens is 2. The van der Waals surface area contributed by atoms with Crippen LogP contribution in [-0.2, 0) is 21.7 Å². The van der Waals surface area contributed by atoms with Gasteiger partial charge in [0, 0.05) is 13.5 Å². The van der Waals surface area contributed by atoms with Crippen molar-refractivity contribution >= 4 is 21.6 Å². The number of sulfone groups is 1. The van der Waals surface area contributed by atoms with Gasteiger partial charge in [0.15, 0.2) is 0 Å². The lowest BCUT2D eigenvalue weighted by Crippen LogP contribution is -2.19. The monoisotopic (exact) mass is 262 g/mol. The summed E-state index contributed by atoms with van der Waals surface area (Å²) in [7, 11) is -2.64. The molecular weight excluding hydrogens is 252 g/mol. The minimum atomic E-state index is -3.96. The molecule has 1 aromatic heterocycles. The predicted octanol–water partition coefficient (Wildman–Crippen LogP) is -1.02. The van der Waals surface area contributed by atoms with Crippen LogP contribution in [0.4, 0.5) is 5.82 Å². The number of hydrogen-bond donors (Lipinski definition) is 1. The van der Waals surface area contributed by atoms with Crippen LogP contribution >= 0.6 is 0 Å². The van der Waals surface area contributed by atoms with Crippen molar-refractivity contribution in [2.24, 2.45) is 12.8 Å². The number of carbonyl (C=O) groups is 1. The number of aryl methyl sites for hydroxylation is 1. The molecule has 1 rings (SSSR count). The topological polar surface area (TPSA) is 138 Å². The predicted molar refractivity (Wildman–Crippen MR) is 55.7 cm³/mol. The second-order valence-electron chi connectivity index (χ2n) is 3.28. The number of nitrogens with two attached hydrogens (primary N) is 1. The zero-order valence-electron chi connectivity index (χ0n) is 8.86. The maximum Gasteiger partial charge on any atom is 0.401 e. The Morgan fingerprint density at radius 2 is 2.24 bits per heavy atom. The van der Waals surface area contributed by atoms with Gasteiger partial charge in [-0.3, -0.25) is 9.36 Å². The lowest BCUT2D eigenvalue weighted by atomic mass is 10.5. The van der Waals surface area contributed by atoms with Gasteiger partial charge in [0.2, 0.25) is 27.1 Å². The first kappa shape index (κ1) is 13.1. The van der Waals surface area contributed by atoms with Crippen molar-refractivity contribution in [2.75, 3.05) is 5.75 Å². The number of rotatable bonds is 5. The molecule has 0 aliphatic rings. The van der Waals surface area contributed by atoms with Gasteiger partial charge >= 0.3 is 5.82 Å². The second kappa shape index (κ2) is 4.49. The first-order valence-corrected chi connectivity index (χ1v) is 6.07. The fourth-order valence-electron chi connectivity index (χ4n) is 1.22. The first-order valence-electron chi connectivity index (χ1n) is 4.42. The molecule has 0 aliphatic heterocycles. The zero-order valence-corrected chi connectivity index (χ0v) is 9.68. The molecule has 9 nitrogen and oxygen atoms in total. The number of carbonyl (C=O) groups excluding carboxylic acids is 1. The van der Waals surface area contributed by atoms with Crippen LogP contribution < -0.4 is 5.73 Å². The molecule has 0 aliphatic carbocycles. The molecule has 0 saturated heterocycles. The highest BCUT2D eigenvalue weighted by Crippen LogP contribution is 2.22. The molecule has 0 saturated carbocycles. The van der Waals surface area contributed by atoms with Crippen LogP contribution in [0.1, 0.15) is 6.42 Å². The van der Waals surface area contributed by atoms with E-state index in [4.69, 9.17) is 5.73 Å². The van der Waals surface area contributed by atoms with Crippen LogP contribution in [0.15, 0.2) is 11.4 Å². The third-order valence-corrected chi connectivity index (χ3v) is 3.75. The first-order chi connectivity index (χ1) is 7.75. The fourth-order valence-corrected chi connectivity index (χ4v) is 2.78. The Balaban J connectivity index is 3.19. The third kappa shape index (κ3) is 2.78. The molecular formula is C7H10N4O5S. The van der Waals surface area contributed by atoms with Crippen molar-refractivity contribution in [3.63, 3.8) is 0 Å². The van der Waals surface area contributed by atoms with Crippen molar-refractivity contribution in [3.05, 3.63) is 16.4 Å². The number of hydrogen-bond acceptors (Lipinski definition) is 6. The molecule has 2 N–H and O–H groups in total. The van der Waals surface area contributed by atoms with Gasteiger partial charge in [-0.05, 0) is 9.91 Å². The minimum Gasteiger partial charge on any atom is -0.370 e. The van der Waals surface area contributed by atoms with E-state index >= 15 is 0 Å². The maximum absolute atomic E-state index is 11.8. The van der Waals surface area contributed by atoms with Crippen molar-refractivity contribution in [2.45, 2.75) is 11.4 Å². The number of primary amides is 1. The molecule has 0 fully saturated rings. The van der Waals surface area contributed by atoms with E-state index in [2.05, 4.69) is 4.98 Å². The number of imidazole rings is 1. The van der Waals surface area contributed by atoms with E-state index in [1.807, 2.05) is 0 Å². The summed E-state index contributed by atoms with van der Waals surface area (Å²) in [6.45, 7) is 0. The number of nitro groups is 1. The van der Waals surface area contributed by atoms with Gasteiger partial charge in [-0.15, -0.1) is 0 Å². The van der Waals surface area contributed by atoms with Crippen molar-refractivity contribution in [3.8, 4) is 0 Å². The van der Waals surface area contributed by atoms with E-state index in [1.54, 1.807) is 0 Å². The lowest BCUT2D eigenvalue weighted by molar-refractivity contribution is -0.392. The van der Waals surface area contributed by atoms with Crippen molar-refractivity contribution in [1.29, 1.82) is 0 Å². The Kier molecular flexibility index (Phi) is 3.46. The normalized spacial score (nSPS) is 11.4. The van der Waals surface area contributed by atoms with Crippen molar-refractivity contribution in [1.82, 2.24) is 9.55 Å². The Hall–Kier alpha value is -1.97. The van der Waals surface area contributed by atoms with Crippen molar-refractivity contribution < 1.29 is 18.1 Å². The number of nitrogens with zero attached hydrogens (tertiary/aromatic N) is 3. The zero-order chi connectivity index (χ0) is 13.2. The summed E-state index contributed by atoms with van der Waals surface area (Å²) in [6, 6.07) is 0. The third-order valence-electron chi connectivity index (χ3n) is 1.95. The molecule has 0 aromatic carbocycles. The maximum atomic E-state index is 11.8. The second-order valence-corrected chi connectivity index (χ2v) is 5.30. The Morgan fingerprint density at radius 3 is 2.71 bits per heavy atom. The van der Waals surface area contributed by atoms with Crippen LogP contribution in [0.25, 0.3) is 0 Å². The van der Waals surface area contributed by atoms with Crippen LogP contribution in [0.2, 0.25) is 0 Å². The van der Waals surface area contributed by atoms with Crippen LogP contribution in [-0.4, -0.2) is 34.6 Å². The summed E-state index contributed by atoms with van der Waals surface area (Å²) >= 11 is 0. The standard InChI is InChI=1S/C7H10N4O5S/c1-10-4-9-6(11(13)14)7(10)17(15,16)3-2-5(8)12/h4H,2-3H2,1H3,(H2,8,12). The molecule has 0 spiro atoms. The molecule has 94 valence electrons. The van der Waals surface area contributed by atoms with Crippen LogP contribution in [0.3, 0.4) is 0 Å². The SMILES string of the molecule is Cn1cnc([N+](=O)[O-])c1S(=O)(=O)CCC(N)=O. The highest BCUT2D eigenvalue weighted by molar-refractivity contribution is 7.91. The Morgan fingerprint density at radius 1 is 1.65 bits per heavy atom. The van der Waals surface area contributed by atoms with Gasteiger partial charge in [-0.1, -0.05) is 0 Å². The molecule has 17 heavy (non-hydrogen) atoms. The van der Waals surface area contributed by atoms with Gasteiger partial charge in [-0.2, -0.15) is 0 Å². The summed E-state index contributed by atoms with van der Waals surface area (Å²) in [6.07, 6.45) is 0.625. The van der Waals surface area contributed by atoms with E-state index in [-0.39, 0.29) is 0 Å². The molecule has 0 atom stereocenters. The van der Waals surface area contributed by atoms with Crippen LogP contribution in [0, 0.1) is 10.1 Å². The van der Waals surface area contributed by atoms with Gasteiger partial charge in [0.05, 0.1) is 5.75 Å². The fraction of sp³-hybridized carbons (Fsp3) is 0.429. The lowest BCUT2D eigenvalue weighted by Gasteiger charge is -2.02. The van der Waals surface area contributed by atoms with E-state index in [9.17, 15) is 23.3 Å². The van der Waals surface area contributed by atoms with Gasteiger partial charge in [0.1, 0.15) is 0 Å². The molecule has 0 radical (unpaired) electrons. The Bertz CT molecular complexity index is 561. The van der Waals surface area contributed by atoms with Gasteiger partial charge in [-0.25, -0.2) is 8.42 Å². The molecule has 1 heterocycles. The summed E-state index contributed by atoms with van der Waals surface area (Å²) in [5.74, 6) is -2.13. The van der Waals surface area contributed by atoms with Gasteiger partial charge < -0.3 is 15.8 Å². The van der Waals surface area contributed by atoms with E-state index in [0.29, 0.717) is 0 Å². The molecule has 1 amide bonds. The van der Waals surface area contributed by atoms with E-state index < -0.39 is 43.7 Å². The molecule has 10 heteroatoms. The summed E-state index contributed by atoms with van der Waals surface area (Å²) < 4.78 is 24.6. The van der Waals surface area contributed by atoms with E-state index in [1.165, 1.54) is 7.05 Å². The van der Waals surface area contributed by atoms with Gasteiger partial charge in [0.25, 0.3) is 0 Å². The molecule has 1 aromatic rings. The summed E-state index contributed by atoms with van der Waals surface area (Å²) in [5.41, 5.74) is 4.83.